The lowest BCUT2D eigenvalue weighted by molar-refractivity contribution is -0.203. The van der Waals surface area contributed by atoms with E-state index in [4.69, 9.17) is 16.3 Å². The lowest BCUT2D eigenvalue weighted by Gasteiger charge is -2.41. The molecule has 12 nitrogen and oxygen atoms in total. The summed E-state index contributed by atoms with van der Waals surface area (Å²) in [5.41, 5.74) is -2.34. The zero-order valence-electron chi connectivity index (χ0n) is 24.9. The first kappa shape index (κ1) is 34.8. The van der Waals surface area contributed by atoms with E-state index >= 15 is 0 Å². The van der Waals surface area contributed by atoms with Crippen molar-refractivity contribution < 1.29 is 56.1 Å². The molecule has 3 amide bonds. The number of ether oxygens (including phenoxy) is 1. The van der Waals surface area contributed by atoms with E-state index in [1.165, 1.54) is 12.3 Å². The highest BCUT2D eigenvalue weighted by Gasteiger charge is 2.60. The van der Waals surface area contributed by atoms with Crippen LogP contribution < -0.4 is 5.32 Å². The molecular formula is C30H29ClF5N5O7. The first-order valence-corrected chi connectivity index (χ1v) is 15.1. The quantitative estimate of drug-likeness (QED) is 0.192. The zero-order valence-corrected chi connectivity index (χ0v) is 25.7. The van der Waals surface area contributed by atoms with Gasteiger partial charge >= 0.3 is 24.3 Å². The minimum atomic E-state index is -5.02. The van der Waals surface area contributed by atoms with Crippen molar-refractivity contribution in [2.24, 2.45) is 17.3 Å². The molecule has 1 saturated heterocycles. The van der Waals surface area contributed by atoms with Crippen LogP contribution in [0.2, 0.25) is 5.02 Å². The van der Waals surface area contributed by atoms with E-state index in [1.807, 2.05) is 0 Å². The SMILES string of the molecule is O=C(NC(c1cn2nc(CC3(C(=O)O)C[C@H](C(F)(F)F)CN(C(=O)O)C3=O)c(Cl)cc2n1)C1CCC(F)(F)CC1)OCc1ccccc1. The topological polar surface area (TPSA) is 163 Å². The second-order valence-corrected chi connectivity index (χ2v) is 12.4. The van der Waals surface area contributed by atoms with E-state index < -0.39 is 91.7 Å². The lowest BCUT2D eigenvalue weighted by Crippen LogP contribution is -2.60. The second-order valence-electron chi connectivity index (χ2n) is 12.0. The summed E-state index contributed by atoms with van der Waals surface area (Å²) in [7, 11) is 0. The molecule has 5 rings (SSSR count). The number of halogens is 6. The Balaban J connectivity index is 1.47. The Kier molecular flexibility index (Phi) is 9.54. The highest BCUT2D eigenvalue weighted by atomic mass is 35.5. The van der Waals surface area contributed by atoms with E-state index in [1.54, 1.807) is 30.3 Å². The fourth-order valence-corrected chi connectivity index (χ4v) is 6.36. The van der Waals surface area contributed by atoms with Gasteiger partial charge < -0.3 is 20.3 Å². The van der Waals surface area contributed by atoms with Crippen LogP contribution in [0.4, 0.5) is 31.5 Å². The number of alkyl carbamates (subject to hydrolysis) is 1. The van der Waals surface area contributed by atoms with Gasteiger partial charge in [-0.1, -0.05) is 41.9 Å². The minimum absolute atomic E-state index is 0.0215. The molecule has 3 aromatic rings. The average Bonchev–Trinajstić information content (AvgIpc) is 3.42. The molecule has 2 aromatic heterocycles. The standard InChI is InChI=1S/C30H29ClF5N5O7/c31-19-10-22-37-21(23(17-6-8-29(32,33)9-7-17)38-26(45)48-15-16-4-2-1-3-5-16)14-41(22)39-20(19)12-28(25(43)44)11-18(30(34,35)36)13-40(24(28)42)27(46)47/h1-5,10,14,17-18,23H,6-9,11-13,15H2,(H,38,45)(H,43,44)(H,46,47)/t18-,23?,28?/m0/s1. The van der Waals surface area contributed by atoms with Crippen molar-refractivity contribution in [3.63, 3.8) is 0 Å². The number of carboxylic acid groups (broad SMARTS) is 2. The number of amides is 3. The summed E-state index contributed by atoms with van der Waals surface area (Å²) in [6, 6.07) is 9.02. The molecule has 1 saturated carbocycles. The number of carbonyl (C=O) groups is 4. The number of imide groups is 1. The van der Waals surface area contributed by atoms with Crippen LogP contribution in [-0.2, 0) is 27.4 Å². The summed E-state index contributed by atoms with van der Waals surface area (Å²) in [5, 5.41) is 26.1. The first-order chi connectivity index (χ1) is 22.5. The Labute approximate surface area is 273 Å². The number of likely N-dealkylation sites (tertiary alicyclic amines) is 1. The van der Waals surface area contributed by atoms with Crippen LogP contribution >= 0.6 is 11.6 Å². The van der Waals surface area contributed by atoms with Crippen LogP contribution in [-0.4, -0.2) is 72.4 Å². The van der Waals surface area contributed by atoms with Crippen molar-refractivity contribution in [3.05, 3.63) is 64.6 Å². The molecule has 2 fully saturated rings. The summed E-state index contributed by atoms with van der Waals surface area (Å²) in [4.78, 5) is 54.4. The highest BCUT2D eigenvalue weighted by molar-refractivity contribution is 6.31. The molecule has 258 valence electrons. The number of hydrogen-bond donors (Lipinski definition) is 3. The molecule has 1 aliphatic carbocycles. The lowest BCUT2D eigenvalue weighted by atomic mass is 9.71. The summed E-state index contributed by atoms with van der Waals surface area (Å²) >= 11 is 6.37. The smallest absolute Gasteiger partial charge is 0.414 e. The molecule has 0 bridgehead atoms. The van der Waals surface area contributed by atoms with Gasteiger partial charge in [0, 0.05) is 31.9 Å². The van der Waals surface area contributed by atoms with Gasteiger partial charge in [0.15, 0.2) is 11.1 Å². The Morgan fingerprint density at radius 1 is 1.12 bits per heavy atom. The van der Waals surface area contributed by atoms with E-state index in [2.05, 4.69) is 15.4 Å². The number of rotatable bonds is 8. The van der Waals surface area contributed by atoms with Gasteiger partial charge in [0.1, 0.15) is 6.61 Å². The van der Waals surface area contributed by atoms with Gasteiger partial charge in [-0.15, -0.1) is 0 Å². The maximum absolute atomic E-state index is 14.0. The van der Waals surface area contributed by atoms with Crippen LogP contribution in [0.15, 0.2) is 42.6 Å². The number of imidazole rings is 1. The maximum Gasteiger partial charge on any atom is 0.414 e. The number of fused-ring (bicyclic) bond motifs is 1. The van der Waals surface area contributed by atoms with Crippen molar-refractivity contribution in [1.82, 2.24) is 24.8 Å². The third kappa shape index (κ3) is 7.29. The van der Waals surface area contributed by atoms with Gasteiger partial charge in [-0.05, 0) is 30.7 Å². The molecule has 18 heteroatoms. The predicted octanol–water partition coefficient (Wildman–Crippen LogP) is 5.88. The number of carboxylic acids is 1. The molecule has 1 aromatic carbocycles. The van der Waals surface area contributed by atoms with Crippen molar-refractivity contribution in [3.8, 4) is 0 Å². The van der Waals surface area contributed by atoms with Crippen LogP contribution in [0.1, 0.15) is 55.1 Å². The van der Waals surface area contributed by atoms with E-state index in [0.717, 1.165) is 4.52 Å². The molecular weight excluding hydrogens is 673 g/mol. The molecule has 1 aliphatic heterocycles. The highest BCUT2D eigenvalue weighted by Crippen LogP contribution is 2.45. The molecule has 0 radical (unpaired) electrons. The number of aromatic nitrogens is 3. The van der Waals surface area contributed by atoms with Gasteiger partial charge in [0.25, 0.3) is 0 Å². The maximum atomic E-state index is 14.0. The van der Waals surface area contributed by atoms with Gasteiger partial charge in [0.2, 0.25) is 11.8 Å². The predicted molar refractivity (Wildman–Crippen MR) is 155 cm³/mol. The number of carbonyl (C=O) groups excluding carboxylic acids is 2. The van der Waals surface area contributed by atoms with Crippen LogP contribution in [0.25, 0.3) is 5.65 Å². The van der Waals surface area contributed by atoms with Crippen molar-refractivity contribution in [2.75, 3.05) is 6.54 Å². The van der Waals surface area contributed by atoms with Gasteiger partial charge in [-0.3, -0.25) is 9.59 Å². The third-order valence-electron chi connectivity index (χ3n) is 8.76. The summed E-state index contributed by atoms with van der Waals surface area (Å²) in [6.07, 6.45) is -9.70. The van der Waals surface area contributed by atoms with Crippen molar-refractivity contribution in [2.45, 2.75) is 63.3 Å². The number of nitrogens with zero attached hydrogens (tertiary/aromatic N) is 4. The van der Waals surface area contributed by atoms with Gasteiger partial charge in [-0.25, -0.2) is 32.8 Å². The fraction of sp³-hybridized carbons (Fsp3) is 0.467. The van der Waals surface area contributed by atoms with Crippen LogP contribution in [0.5, 0.6) is 0 Å². The van der Waals surface area contributed by atoms with E-state index in [9.17, 15) is 51.3 Å². The van der Waals surface area contributed by atoms with E-state index in [0.29, 0.717) is 5.56 Å². The number of aliphatic carboxylic acids is 1. The third-order valence-corrected chi connectivity index (χ3v) is 9.08. The largest absolute Gasteiger partial charge is 0.480 e. The molecule has 2 unspecified atom stereocenters. The van der Waals surface area contributed by atoms with Crippen molar-refractivity contribution >= 4 is 41.3 Å². The summed E-state index contributed by atoms with van der Waals surface area (Å²) in [6.45, 7) is -1.35. The van der Waals surface area contributed by atoms with Crippen molar-refractivity contribution in [1.29, 1.82) is 0 Å². The van der Waals surface area contributed by atoms with E-state index in [-0.39, 0.29) is 46.4 Å². The molecule has 3 atom stereocenters. The normalized spacial score (nSPS) is 22.3. The van der Waals surface area contributed by atoms with Gasteiger partial charge in [-0.2, -0.15) is 18.3 Å². The molecule has 3 N–H and O–H groups in total. The number of nitrogens with one attached hydrogen (secondary N) is 1. The minimum Gasteiger partial charge on any atom is -0.480 e. The Morgan fingerprint density at radius 2 is 1.79 bits per heavy atom. The summed E-state index contributed by atoms with van der Waals surface area (Å²) < 4.78 is 75.8. The zero-order chi connectivity index (χ0) is 35.0. The fourth-order valence-electron chi connectivity index (χ4n) is 6.15. The monoisotopic (exact) mass is 701 g/mol. The number of piperidine rings is 1. The number of hydrogen-bond acceptors (Lipinski definition) is 7. The average molecular weight is 702 g/mol. The van der Waals surface area contributed by atoms with Crippen LogP contribution in [0.3, 0.4) is 0 Å². The number of alkyl halides is 5. The number of benzene rings is 1. The van der Waals surface area contributed by atoms with Crippen LogP contribution in [0, 0.1) is 17.3 Å². The second kappa shape index (κ2) is 13.2. The first-order valence-electron chi connectivity index (χ1n) is 14.7. The Morgan fingerprint density at radius 3 is 2.40 bits per heavy atom. The molecule has 2 aliphatic rings. The summed E-state index contributed by atoms with van der Waals surface area (Å²) in [5.74, 6) is -9.43. The Hall–Kier alpha value is -4.54. The molecule has 48 heavy (non-hydrogen) atoms. The molecule has 0 spiro atoms. The Bertz CT molecular complexity index is 1710. The molecule has 3 heterocycles. The van der Waals surface area contributed by atoms with Gasteiger partial charge in [0.05, 0.1) is 34.6 Å².